The highest BCUT2D eigenvalue weighted by Gasteiger charge is 2.22. The van der Waals surface area contributed by atoms with Crippen LogP contribution in [-0.2, 0) is 0 Å². The highest BCUT2D eigenvalue weighted by molar-refractivity contribution is 5.56. The van der Waals surface area contributed by atoms with Gasteiger partial charge in [-0.05, 0) is 65.2 Å². The van der Waals surface area contributed by atoms with E-state index < -0.39 is 5.60 Å². The molecule has 0 radical (unpaired) electrons. The molecule has 0 aromatic rings. The Morgan fingerprint density at radius 2 is 2.00 bits per heavy atom. The molecule has 2 aliphatic carbocycles. The van der Waals surface area contributed by atoms with Crippen LogP contribution in [0, 0.1) is 11.1 Å². The normalized spacial score (nSPS) is 25.1. The Morgan fingerprint density at radius 1 is 1.27 bits per heavy atom. The molecule has 0 amide bonds. The lowest BCUT2D eigenvalue weighted by molar-refractivity contribution is -0.503. The first-order valence-electron chi connectivity index (χ1n) is 9.15. The van der Waals surface area contributed by atoms with Crippen LogP contribution in [0.3, 0.4) is 0 Å². The van der Waals surface area contributed by atoms with E-state index in [1.165, 1.54) is 29.6 Å². The second-order valence-corrected chi connectivity index (χ2v) is 7.86. The topological polar surface area (TPSA) is 46.3 Å². The van der Waals surface area contributed by atoms with Crippen LogP contribution >= 0.6 is 0 Å². The zero-order valence-corrected chi connectivity index (χ0v) is 14.4. The maximum absolute atomic E-state index is 12.2. The van der Waals surface area contributed by atoms with Crippen molar-refractivity contribution in [2.45, 2.75) is 96.1 Å². The summed E-state index contributed by atoms with van der Waals surface area (Å²) in [4.78, 5) is 0. The summed E-state index contributed by atoms with van der Waals surface area (Å²) in [6.07, 6.45) is 16.4. The summed E-state index contributed by atoms with van der Waals surface area (Å²) in [7, 11) is 0. The second kappa shape index (κ2) is 8.14. The van der Waals surface area contributed by atoms with Crippen molar-refractivity contribution in [3.05, 3.63) is 16.9 Å². The predicted octanol–water partition coefficient (Wildman–Crippen LogP) is 4.57. The SMILES string of the molecule is CC(C)(O)CCCC1=CCC(C=[N+]([O-])C2CCCCC2)CC1. The summed E-state index contributed by atoms with van der Waals surface area (Å²) in [5.41, 5.74) is 0.971. The van der Waals surface area contributed by atoms with Gasteiger partial charge in [0.1, 0.15) is 0 Å². The number of hydrogen-bond donors (Lipinski definition) is 1. The van der Waals surface area contributed by atoms with Crippen LogP contribution in [0.25, 0.3) is 0 Å². The highest BCUT2D eigenvalue weighted by Crippen LogP contribution is 2.27. The van der Waals surface area contributed by atoms with Gasteiger partial charge in [0, 0.05) is 18.8 Å². The summed E-state index contributed by atoms with van der Waals surface area (Å²) in [6, 6.07) is 0.242. The van der Waals surface area contributed by atoms with Crippen molar-refractivity contribution in [2.75, 3.05) is 0 Å². The molecule has 1 saturated carbocycles. The molecule has 0 spiro atoms. The lowest BCUT2D eigenvalue weighted by atomic mass is 9.87. The Morgan fingerprint density at radius 3 is 2.59 bits per heavy atom. The summed E-state index contributed by atoms with van der Waals surface area (Å²) in [6.45, 7) is 3.75. The van der Waals surface area contributed by atoms with Crippen LogP contribution in [0.5, 0.6) is 0 Å². The van der Waals surface area contributed by atoms with Crippen molar-refractivity contribution in [3.63, 3.8) is 0 Å². The van der Waals surface area contributed by atoms with Gasteiger partial charge < -0.3 is 10.3 Å². The van der Waals surface area contributed by atoms with Crippen LogP contribution in [0.2, 0.25) is 0 Å². The zero-order chi connectivity index (χ0) is 16.0. The standard InChI is InChI=1S/C19H33NO2/c1-19(2,21)14-6-7-16-10-12-17(13-11-16)15-20(22)18-8-4-3-5-9-18/h10,15,17-18,21H,3-9,11-14H2,1-2H3. The third-order valence-corrected chi connectivity index (χ3v) is 5.12. The van der Waals surface area contributed by atoms with Crippen molar-refractivity contribution in [1.82, 2.24) is 0 Å². The minimum atomic E-state index is -0.547. The third-order valence-electron chi connectivity index (χ3n) is 5.12. The fraction of sp³-hybridized carbons (Fsp3) is 0.842. The number of hydroxylamine groups is 1. The molecule has 0 bridgehead atoms. The number of rotatable bonds is 6. The van der Waals surface area contributed by atoms with E-state index in [-0.39, 0.29) is 6.04 Å². The molecule has 3 heteroatoms. The largest absolute Gasteiger partial charge is 0.624 e. The molecule has 1 unspecified atom stereocenters. The minimum absolute atomic E-state index is 0.242. The van der Waals surface area contributed by atoms with Crippen LogP contribution in [0.1, 0.15) is 84.5 Å². The molecule has 0 aliphatic heterocycles. The molecule has 1 fully saturated rings. The molecular formula is C19H33NO2. The van der Waals surface area contributed by atoms with Gasteiger partial charge in [0.25, 0.3) is 0 Å². The quantitative estimate of drug-likeness (QED) is 0.257. The van der Waals surface area contributed by atoms with Gasteiger partial charge in [-0.3, -0.25) is 0 Å². The van der Waals surface area contributed by atoms with E-state index in [9.17, 15) is 10.3 Å². The monoisotopic (exact) mass is 307 g/mol. The lowest BCUT2D eigenvalue weighted by Gasteiger charge is -2.24. The number of hydrogen-bond acceptors (Lipinski definition) is 2. The van der Waals surface area contributed by atoms with Crippen LogP contribution in [0.4, 0.5) is 0 Å². The first-order chi connectivity index (χ1) is 10.4. The van der Waals surface area contributed by atoms with Crippen molar-refractivity contribution in [2.24, 2.45) is 5.92 Å². The summed E-state index contributed by atoms with van der Waals surface area (Å²) in [5, 5.41) is 22.0. The van der Waals surface area contributed by atoms with Gasteiger partial charge in [0.2, 0.25) is 0 Å². The minimum Gasteiger partial charge on any atom is -0.624 e. The molecule has 0 saturated heterocycles. The smallest absolute Gasteiger partial charge is 0.162 e. The van der Waals surface area contributed by atoms with E-state index in [2.05, 4.69) is 6.08 Å². The van der Waals surface area contributed by atoms with Crippen LogP contribution < -0.4 is 0 Å². The van der Waals surface area contributed by atoms with E-state index in [0.29, 0.717) is 5.92 Å². The van der Waals surface area contributed by atoms with Gasteiger partial charge in [0.15, 0.2) is 12.3 Å². The van der Waals surface area contributed by atoms with Crippen LogP contribution in [-0.4, -0.2) is 27.7 Å². The highest BCUT2D eigenvalue weighted by atomic mass is 16.5. The lowest BCUT2D eigenvalue weighted by Crippen LogP contribution is -2.27. The molecule has 1 N–H and O–H groups in total. The van der Waals surface area contributed by atoms with Crippen molar-refractivity contribution in [3.8, 4) is 0 Å². The van der Waals surface area contributed by atoms with Crippen LogP contribution in [0.15, 0.2) is 11.6 Å². The third kappa shape index (κ3) is 6.12. The van der Waals surface area contributed by atoms with Crippen molar-refractivity contribution >= 4 is 6.21 Å². The van der Waals surface area contributed by atoms with E-state index in [1.54, 1.807) is 0 Å². The molecule has 1 atom stereocenters. The van der Waals surface area contributed by atoms with Gasteiger partial charge in [-0.2, -0.15) is 0 Å². The Hall–Kier alpha value is -0.830. The molecule has 0 heterocycles. The predicted molar refractivity (Wildman–Crippen MR) is 92.1 cm³/mol. The molecule has 2 rings (SSSR count). The maximum atomic E-state index is 12.2. The maximum Gasteiger partial charge on any atom is 0.162 e. The second-order valence-electron chi connectivity index (χ2n) is 7.86. The molecule has 126 valence electrons. The van der Waals surface area contributed by atoms with Crippen molar-refractivity contribution < 1.29 is 9.85 Å². The summed E-state index contributed by atoms with van der Waals surface area (Å²) < 4.78 is 1.27. The molecule has 2 aliphatic rings. The molecule has 3 nitrogen and oxygen atoms in total. The molecule has 0 aromatic carbocycles. The van der Waals surface area contributed by atoms with E-state index >= 15 is 0 Å². The van der Waals surface area contributed by atoms with Gasteiger partial charge in [-0.15, -0.1) is 0 Å². The van der Waals surface area contributed by atoms with E-state index in [0.717, 1.165) is 51.4 Å². The number of nitrogens with zero attached hydrogens (tertiary/aromatic N) is 1. The molecule has 0 aromatic heterocycles. The van der Waals surface area contributed by atoms with E-state index in [1.807, 2.05) is 20.1 Å². The average Bonchev–Trinajstić information content (AvgIpc) is 2.49. The number of aliphatic hydroxyl groups is 1. The summed E-state index contributed by atoms with van der Waals surface area (Å²) in [5.74, 6) is 0.428. The van der Waals surface area contributed by atoms with Gasteiger partial charge in [-0.25, -0.2) is 4.74 Å². The number of allylic oxidation sites excluding steroid dienone is 2. The average molecular weight is 307 g/mol. The first-order valence-corrected chi connectivity index (χ1v) is 9.15. The molecule has 22 heavy (non-hydrogen) atoms. The molecular weight excluding hydrogens is 274 g/mol. The Labute approximate surface area is 135 Å². The Balaban J connectivity index is 1.75. The Bertz CT molecular complexity index is 400. The van der Waals surface area contributed by atoms with Gasteiger partial charge in [-0.1, -0.05) is 18.1 Å². The van der Waals surface area contributed by atoms with E-state index in [4.69, 9.17) is 0 Å². The Kier molecular flexibility index (Phi) is 6.49. The first kappa shape index (κ1) is 17.5. The summed E-state index contributed by atoms with van der Waals surface area (Å²) >= 11 is 0. The fourth-order valence-electron chi connectivity index (χ4n) is 3.68. The fourth-order valence-corrected chi connectivity index (χ4v) is 3.68. The van der Waals surface area contributed by atoms with Gasteiger partial charge >= 0.3 is 0 Å². The zero-order valence-electron chi connectivity index (χ0n) is 14.4. The van der Waals surface area contributed by atoms with Gasteiger partial charge in [0.05, 0.1) is 5.60 Å². The van der Waals surface area contributed by atoms with Crippen molar-refractivity contribution in [1.29, 1.82) is 0 Å².